The third-order valence-electron chi connectivity index (χ3n) is 12.7. The Kier molecular flexibility index (Phi) is 5.96. The van der Waals surface area contributed by atoms with Crippen LogP contribution >= 0.6 is 11.6 Å². The summed E-state index contributed by atoms with van der Waals surface area (Å²) >= 11 is 6.32. The van der Waals surface area contributed by atoms with Crippen LogP contribution in [0, 0.1) is 50.2 Å². The molecule has 0 saturated heterocycles. The molecule has 0 aromatic heterocycles. The zero-order valence-electron chi connectivity index (χ0n) is 24.3. The average Bonchev–Trinajstić information content (AvgIpc) is 2.83. The molecule has 4 saturated carbocycles. The number of halogens is 1. The van der Waals surface area contributed by atoms with Gasteiger partial charge in [-0.3, -0.25) is 19.2 Å². The smallest absolute Gasteiger partial charge is 0.312 e. The van der Waals surface area contributed by atoms with Gasteiger partial charge in [-0.05, 0) is 84.7 Å². The molecule has 6 heteroatoms. The fourth-order valence-electron chi connectivity index (χ4n) is 10.3. The van der Waals surface area contributed by atoms with E-state index in [1.165, 1.54) is 12.6 Å². The Morgan fingerprint density at radius 3 is 2.21 bits per heavy atom. The summed E-state index contributed by atoms with van der Waals surface area (Å²) in [6, 6.07) is 0. The van der Waals surface area contributed by atoms with Crippen LogP contribution < -0.4 is 0 Å². The first-order chi connectivity index (χ1) is 17.5. The summed E-state index contributed by atoms with van der Waals surface area (Å²) in [5.74, 6) is -1.59. The average molecular weight is 543 g/mol. The maximum absolute atomic E-state index is 14.4. The first-order valence-electron chi connectivity index (χ1n) is 14.2. The van der Waals surface area contributed by atoms with E-state index in [2.05, 4.69) is 27.7 Å². The van der Waals surface area contributed by atoms with Gasteiger partial charge >= 0.3 is 5.97 Å². The zero-order valence-corrected chi connectivity index (χ0v) is 25.0. The van der Waals surface area contributed by atoms with Crippen LogP contribution in [0.2, 0.25) is 0 Å². The summed E-state index contributed by atoms with van der Waals surface area (Å²) in [6.07, 6.45) is 7.32. The molecular weight excluding hydrogens is 500 g/mol. The maximum atomic E-state index is 14.4. The molecule has 0 N–H and O–H groups in total. The number of esters is 1. The van der Waals surface area contributed by atoms with E-state index in [-0.39, 0.29) is 40.3 Å². The number of allylic oxidation sites excluding steroid dienone is 3. The Bertz CT molecular complexity index is 1210. The van der Waals surface area contributed by atoms with Gasteiger partial charge in [0.25, 0.3) is 0 Å². The fraction of sp³-hybridized carbons (Fsp3) is 0.750. The number of Topliss-reactive ketones (excluding diaryl/α,β-unsaturated/α-hetero) is 2. The lowest BCUT2D eigenvalue weighted by Gasteiger charge is -2.69. The van der Waals surface area contributed by atoms with Gasteiger partial charge in [-0.2, -0.15) is 0 Å². The Hall–Kier alpha value is -1.75. The van der Waals surface area contributed by atoms with Gasteiger partial charge in [-0.1, -0.05) is 60.1 Å². The molecule has 0 bridgehead atoms. The van der Waals surface area contributed by atoms with Gasteiger partial charge in [-0.15, -0.1) is 0 Å². The molecule has 208 valence electrons. The summed E-state index contributed by atoms with van der Waals surface area (Å²) in [4.78, 5) is 54.4. The third-order valence-corrected chi connectivity index (χ3v) is 12.9. The highest BCUT2D eigenvalue weighted by molar-refractivity contribution is 6.48. The molecule has 5 nitrogen and oxygen atoms in total. The third kappa shape index (κ3) is 3.12. The topological polar surface area (TPSA) is 77.5 Å². The van der Waals surface area contributed by atoms with Crippen LogP contribution in [-0.2, 0) is 23.9 Å². The zero-order chi connectivity index (χ0) is 28.3. The minimum Gasteiger partial charge on any atom is -0.469 e. The van der Waals surface area contributed by atoms with Crippen molar-refractivity contribution < 1.29 is 23.9 Å². The molecule has 4 fully saturated rings. The van der Waals surface area contributed by atoms with Crippen molar-refractivity contribution in [3.63, 3.8) is 0 Å². The summed E-state index contributed by atoms with van der Waals surface area (Å²) in [7, 11) is 1.47. The number of rotatable bonds is 1. The van der Waals surface area contributed by atoms with E-state index in [1.807, 2.05) is 26.8 Å². The van der Waals surface area contributed by atoms with E-state index in [1.54, 1.807) is 0 Å². The number of carbonyl (C=O) groups is 4. The number of hydrogen-bond acceptors (Lipinski definition) is 5. The van der Waals surface area contributed by atoms with Gasteiger partial charge in [0.1, 0.15) is 0 Å². The molecular formula is C32H43ClO5. The molecule has 5 aliphatic carbocycles. The second-order valence-corrected chi connectivity index (χ2v) is 15.2. The molecule has 0 aliphatic heterocycles. The number of methoxy groups -OCH3 is 1. The highest BCUT2D eigenvalue weighted by Gasteiger charge is 2.72. The second kappa shape index (κ2) is 8.15. The summed E-state index contributed by atoms with van der Waals surface area (Å²) in [6.45, 7) is 14.8. The predicted molar refractivity (Wildman–Crippen MR) is 146 cm³/mol. The SMILES string of the molecule is COC(=O)C12CCC(C)(C)CC1C1C(=O)C=C3C4(C)C(=CCl)C(=O)C(=O)C(C)(C)C4CCC3(C)C1(C)CC2. The molecule has 5 aliphatic rings. The van der Waals surface area contributed by atoms with Crippen LogP contribution in [-0.4, -0.2) is 30.4 Å². The Morgan fingerprint density at radius 1 is 0.974 bits per heavy atom. The van der Waals surface area contributed by atoms with Crippen molar-refractivity contribution in [3.8, 4) is 0 Å². The maximum Gasteiger partial charge on any atom is 0.312 e. The van der Waals surface area contributed by atoms with E-state index >= 15 is 0 Å². The Balaban J connectivity index is 1.72. The number of carbonyl (C=O) groups excluding carboxylic acids is 4. The van der Waals surface area contributed by atoms with E-state index < -0.39 is 33.2 Å². The molecule has 38 heavy (non-hydrogen) atoms. The Labute approximate surface area is 232 Å². The van der Waals surface area contributed by atoms with Crippen molar-refractivity contribution in [1.82, 2.24) is 0 Å². The molecule has 0 radical (unpaired) electrons. The van der Waals surface area contributed by atoms with Crippen molar-refractivity contribution in [2.75, 3.05) is 7.11 Å². The standard InChI is InChI=1S/C32H43ClO5/c1-27(2)11-13-32(26(37)38-8)14-12-30(6)23(18(32)16-27)20(34)15-22-29(30,5)10-9-21-28(3,4)25(36)24(35)19(17-33)31(21,22)7/h15,17-18,21,23H,9-14,16H2,1-8H3. The van der Waals surface area contributed by atoms with Gasteiger partial charge in [0.15, 0.2) is 5.78 Å². The quantitative estimate of drug-likeness (QED) is 0.211. The molecule has 0 heterocycles. The number of ether oxygens (including phenoxy) is 1. The lowest BCUT2D eigenvalue weighted by Crippen LogP contribution is -2.67. The van der Waals surface area contributed by atoms with Gasteiger partial charge in [0.2, 0.25) is 11.6 Å². The lowest BCUT2D eigenvalue weighted by molar-refractivity contribution is -0.191. The van der Waals surface area contributed by atoms with E-state index in [9.17, 15) is 19.2 Å². The Morgan fingerprint density at radius 2 is 1.61 bits per heavy atom. The first-order valence-corrected chi connectivity index (χ1v) is 14.7. The summed E-state index contributed by atoms with van der Waals surface area (Å²) in [5, 5.41) is 0. The van der Waals surface area contributed by atoms with Crippen LogP contribution in [0.1, 0.15) is 93.4 Å². The summed E-state index contributed by atoms with van der Waals surface area (Å²) < 4.78 is 5.40. The van der Waals surface area contributed by atoms with Crippen molar-refractivity contribution in [2.45, 2.75) is 93.4 Å². The molecule has 0 aromatic rings. The van der Waals surface area contributed by atoms with E-state index in [0.717, 1.165) is 44.1 Å². The fourth-order valence-corrected chi connectivity index (χ4v) is 10.6. The summed E-state index contributed by atoms with van der Waals surface area (Å²) in [5.41, 5.74) is -0.487. The van der Waals surface area contributed by atoms with Crippen molar-refractivity contribution >= 4 is 34.9 Å². The highest BCUT2D eigenvalue weighted by Crippen LogP contribution is 2.75. The number of hydrogen-bond donors (Lipinski definition) is 0. The first kappa shape index (κ1) is 27.8. The van der Waals surface area contributed by atoms with Gasteiger partial charge in [-0.25, -0.2) is 0 Å². The van der Waals surface area contributed by atoms with Crippen LogP contribution in [0.5, 0.6) is 0 Å². The molecule has 0 amide bonds. The predicted octanol–water partition coefficient (Wildman–Crippen LogP) is 6.62. The highest BCUT2D eigenvalue weighted by atomic mass is 35.5. The van der Waals surface area contributed by atoms with Gasteiger partial charge in [0.05, 0.1) is 12.5 Å². The number of fused-ring (bicyclic) bond motifs is 7. The van der Waals surface area contributed by atoms with Crippen LogP contribution in [0.15, 0.2) is 22.8 Å². The molecule has 0 aromatic carbocycles. The molecule has 0 spiro atoms. The minimum atomic E-state index is -0.849. The van der Waals surface area contributed by atoms with E-state index in [4.69, 9.17) is 16.3 Å². The lowest BCUT2D eigenvalue weighted by atomic mass is 9.33. The normalized spacial score (nSPS) is 46.3. The van der Waals surface area contributed by atoms with Gasteiger partial charge < -0.3 is 4.74 Å². The van der Waals surface area contributed by atoms with E-state index in [0.29, 0.717) is 12.0 Å². The van der Waals surface area contributed by atoms with Crippen LogP contribution in [0.4, 0.5) is 0 Å². The molecule has 5 rings (SSSR count). The van der Waals surface area contributed by atoms with Crippen LogP contribution in [0.3, 0.4) is 0 Å². The molecule has 7 atom stereocenters. The monoisotopic (exact) mass is 542 g/mol. The van der Waals surface area contributed by atoms with Crippen LogP contribution in [0.25, 0.3) is 0 Å². The van der Waals surface area contributed by atoms with Crippen molar-refractivity contribution in [3.05, 3.63) is 22.8 Å². The number of ketones is 3. The largest absolute Gasteiger partial charge is 0.469 e. The van der Waals surface area contributed by atoms with Crippen molar-refractivity contribution in [2.24, 2.45) is 50.2 Å². The minimum absolute atomic E-state index is 0.0317. The molecule has 7 unspecified atom stereocenters. The van der Waals surface area contributed by atoms with Crippen molar-refractivity contribution in [1.29, 1.82) is 0 Å². The second-order valence-electron chi connectivity index (χ2n) is 15.0. The van der Waals surface area contributed by atoms with Gasteiger partial charge in [0, 0.05) is 27.9 Å².